The maximum Gasteiger partial charge on any atom is 0.203 e. The summed E-state index contributed by atoms with van der Waals surface area (Å²) in [6.45, 7) is 4.20. The van der Waals surface area contributed by atoms with Gasteiger partial charge in [-0.05, 0) is 31.0 Å². The smallest absolute Gasteiger partial charge is 0.203 e. The predicted octanol–water partition coefficient (Wildman–Crippen LogP) is 1.88. The van der Waals surface area contributed by atoms with E-state index in [1.165, 1.54) is 5.56 Å². The van der Waals surface area contributed by atoms with Crippen LogP contribution in [0.4, 0.5) is 0 Å². The van der Waals surface area contributed by atoms with Gasteiger partial charge in [0.15, 0.2) is 6.61 Å². The van der Waals surface area contributed by atoms with Crippen molar-refractivity contribution < 1.29 is 9.53 Å². The summed E-state index contributed by atoms with van der Waals surface area (Å²) < 4.78 is 5.27. The highest BCUT2D eigenvalue weighted by atomic mass is 16.5. The second kappa shape index (κ2) is 2.34. The average molecular weight is 162 g/mol. The number of Topliss-reactive ketones (excluding diaryl/α,β-unsaturated/α-hetero) is 1. The van der Waals surface area contributed by atoms with E-state index in [4.69, 9.17) is 4.74 Å². The van der Waals surface area contributed by atoms with E-state index < -0.39 is 0 Å². The fraction of sp³-hybridized carbons (Fsp3) is 0.300. The first-order valence-electron chi connectivity index (χ1n) is 3.96. The van der Waals surface area contributed by atoms with Gasteiger partial charge >= 0.3 is 0 Å². The minimum Gasteiger partial charge on any atom is -0.484 e. The van der Waals surface area contributed by atoms with Crippen LogP contribution in [0.2, 0.25) is 0 Å². The van der Waals surface area contributed by atoms with Crippen LogP contribution in [0.15, 0.2) is 12.1 Å². The van der Waals surface area contributed by atoms with Crippen molar-refractivity contribution in [2.75, 3.05) is 6.61 Å². The van der Waals surface area contributed by atoms with Crippen molar-refractivity contribution in [2.45, 2.75) is 13.8 Å². The highest BCUT2D eigenvalue weighted by Gasteiger charge is 2.22. The zero-order valence-corrected chi connectivity index (χ0v) is 7.18. The highest BCUT2D eigenvalue weighted by molar-refractivity contribution is 6.02. The van der Waals surface area contributed by atoms with Crippen LogP contribution in [0, 0.1) is 13.8 Å². The van der Waals surface area contributed by atoms with Crippen molar-refractivity contribution in [3.63, 3.8) is 0 Å². The molecule has 1 aromatic carbocycles. The number of ether oxygens (including phenoxy) is 1. The number of hydrogen-bond acceptors (Lipinski definition) is 2. The summed E-state index contributed by atoms with van der Waals surface area (Å²) in [6.07, 6.45) is 0. The molecule has 62 valence electrons. The molecule has 0 N–H and O–H groups in total. The Bertz CT molecular complexity index is 353. The lowest BCUT2D eigenvalue weighted by molar-refractivity contribution is 0.0961. The molecule has 0 saturated carbocycles. The second-order valence-electron chi connectivity index (χ2n) is 3.10. The predicted molar refractivity (Wildman–Crippen MR) is 45.7 cm³/mol. The molecule has 1 aliphatic heterocycles. The topological polar surface area (TPSA) is 26.3 Å². The maximum atomic E-state index is 11.2. The zero-order valence-electron chi connectivity index (χ0n) is 7.18. The van der Waals surface area contributed by atoms with E-state index in [9.17, 15) is 4.79 Å². The Labute approximate surface area is 71.2 Å². The molecule has 0 radical (unpaired) electrons. The molecular weight excluding hydrogens is 152 g/mol. The van der Waals surface area contributed by atoms with E-state index >= 15 is 0 Å². The van der Waals surface area contributed by atoms with Crippen molar-refractivity contribution in [3.8, 4) is 5.75 Å². The molecule has 0 bridgehead atoms. The third kappa shape index (κ3) is 0.843. The molecule has 0 aliphatic carbocycles. The largest absolute Gasteiger partial charge is 0.484 e. The SMILES string of the molecule is Cc1ccc2c(c1C)OCC2=O. The van der Waals surface area contributed by atoms with E-state index in [0.29, 0.717) is 0 Å². The molecule has 1 aromatic rings. The van der Waals surface area contributed by atoms with Crippen LogP contribution in [0.3, 0.4) is 0 Å². The summed E-state index contributed by atoms with van der Waals surface area (Å²) in [7, 11) is 0. The van der Waals surface area contributed by atoms with Gasteiger partial charge in [-0.2, -0.15) is 0 Å². The van der Waals surface area contributed by atoms with Crippen molar-refractivity contribution in [1.82, 2.24) is 0 Å². The number of carbonyl (C=O) groups is 1. The maximum absolute atomic E-state index is 11.2. The molecule has 0 unspecified atom stereocenters. The van der Waals surface area contributed by atoms with Crippen LogP contribution in [-0.2, 0) is 0 Å². The van der Waals surface area contributed by atoms with Gasteiger partial charge in [0.05, 0.1) is 5.56 Å². The fourth-order valence-electron chi connectivity index (χ4n) is 1.41. The number of fused-ring (bicyclic) bond motifs is 1. The first-order valence-corrected chi connectivity index (χ1v) is 3.96. The monoisotopic (exact) mass is 162 g/mol. The van der Waals surface area contributed by atoms with Gasteiger partial charge in [0.25, 0.3) is 0 Å². The van der Waals surface area contributed by atoms with E-state index in [2.05, 4.69) is 0 Å². The zero-order chi connectivity index (χ0) is 8.72. The third-order valence-electron chi connectivity index (χ3n) is 2.32. The molecule has 0 amide bonds. The quantitative estimate of drug-likeness (QED) is 0.582. The third-order valence-corrected chi connectivity index (χ3v) is 2.32. The van der Waals surface area contributed by atoms with Gasteiger partial charge in [0, 0.05) is 0 Å². The molecule has 2 heteroatoms. The Kier molecular flexibility index (Phi) is 1.43. The van der Waals surface area contributed by atoms with E-state index in [1.807, 2.05) is 26.0 Å². The van der Waals surface area contributed by atoms with Crippen molar-refractivity contribution in [3.05, 3.63) is 28.8 Å². The lowest BCUT2D eigenvalue weighted by atomic mass is 10.0. The van der Waals surface area contributed by atoms with E-state index in [1.54, 1.807) is 0 Å². The Morgan fingerprint density at radius 2 is 2.08 bits per heavy atom. The van der Waals surface area contributed by atoms with Crippen molar-refractivity contribution in [2.24, 2.45) is 0 Å². The molecule has 2 nitrogen and oxygen atoms in total. The van der Waals surface area contributed by atoms with Gasteiger partial charge in [-0.1, -0.05) is 6.07 Å². The first-order chi connectivity index (χ1) is 5.70. The fourth-order valence-corrected chi connectivity index (χ4v) is 1.41. The van der Waals surface area contributed by atoms with Crippen molar-refractivity contribution in [1.29, 1.82) is 0 Å². The summed E-state index contributed by atoms with van der Waals surface area (Å²) in [6, 6.07) is 3.80. The Morgan fingerprint density at radius 1 is 1.33 bits per heavy atom. The number of aryl methyl sites for hydroxylation is 1. The highest BCUT2D eigenvalue weighted by Crippen LogP contribution is 2.30. The van der Waals surface area contributed by atoms with Gasteiger partial charge in [0.1, 0.15) is 5.75 Å². The summed E-state index contributed by atoms with van der Waals surface area (Å²) in [5.74, 6) is 0.869. The minimum absolute atomic E-state index is 0.0908. The summed E-state index contributed by atoms with van der Waals surface area (Å²) in [5, 5.41) is 0. The van der Waals surface area contributed by atoms with Crippen LogP contribution < -0.4 is 4.74 Å². The van der Waals surface area contributed by atoms with E-state index in [-0.39, 0.29) is 12.4 Å². The molecule has 0 atom stereocenters. The minimum atomic E-state index is 0.0908. The molecule has 0 saturated heterocycles. The van der Waals surface area contributed by atoms with Crippen LogP contribution in [0.5, 0.6) is 5.75 Å². The van der Waals surface area contributed by atoms with Gasteiger partial charge in [0.2, 0.25) is 5.78 Å². The number of benzene rings is 1. The second-order valence-corrected chi connectivity index (χ2v) is 3.10. The summed E-state index contributed by atoms with van der Waals surface area (Å²) in [4.78, 5) is 11.2. The van der Waals surface area contributed by atoms with Gasteiger partial charge in [-0.15, -0.1) is 0 Å². The molecule has 0 aromatic heterocycles. The standard InChI is InChI=1S/C10H10O2/c1-6-3-4-8-9(11)5-12-10(8)7(6)2/h3-4H,5H2,1-2H3. The number of hydrogen-bond donors (Lipinski definition) is 0. The van der Waals surface area contributed by atoms with Crippen LogP contribution in [0.25, 0.3) is 0 Å². The van der Waals surface area contributed by atoms with Crippen LogP contribution in [0.1, 0.15) is 21.5 Å². The Hall–Kier alpha value is -1.31. The lowest BCUT2D eigenvalue weighted by Crippen LogP contribution is -1.98. The van der Waals surface area contributed by atoms with Crippen LogP contribution >= 0.6 is 0 Å². The van der Waals surface area contributed by atoms with Gasteiger partial charge < -0.3 is 4.74 Å². The van der Waals surface area contributed by atoms with Gasteiger partial charge in [-0.25, -0.2) is 0 Å². The number of carbonyl (C=O) groups excluding carboxylic acids is 1. The lowest BCUT2D eigenvalue weighted by Gasteiger charge is -2.04. The Balaban J connectivity index is 2.68. The molecule has 1 heterocycles. The molecule has 1 aliphatic rings. The molecule has 12 heavy (non-hydrogen) atoms. The molecular formula is C10H10O2. The first kappa shape index (κ1) is 7.35. The van der Waals surface area contributed by atoms with Crippen molar-refractivity contribution >= 4 is 5.78 Å². The number of ketones is 1. The molecule has 2 rings (SSSR count). The normalized spacial score (nSPS) is 14.3. The Morgan fingerprint density at radius 3 is 2.83 bits per heavy atom. The van der Waals surface area contributed by atoms with E-state index in [0.717, 1.165) is 16.9 Å². The molecule has 0 spiro atoms. The molecule has 0 fully saturated rings. The average Bonchev–Trinajstić information content (AvgIpc) is 2.41. The van der Waals surface area contributed by atoms with Gasteiger partial charge in [-0.3, -0.25) is 4.79 Å². The summed E-state index contributed by atoms with van der Waals surface area (Å²) >= 11 is 0. The van der Waals surface area contributed by atoms with Crippen LogP contribution in [-0.4, -0.2) is 12.4 Å². The summed E-state index contributed by atoms with van der Waals surface area (Å²) in [5.41, 5.74) is 2.99. The number of rotatable bonds is 0.